The number of hydrogen-bond donors (Lipinski definition) is 2. The maximum atomic E-state index is 12.7. The van der Waals surface area contributed by atoms with Crippen LogP contribution in [0.4, 0.5) is 0 Å². The van der Waals surface area contributed by atoms with Crippen molar-refractivity contribution in [2.24, 2.45) is 17.6 Å². The second-order valence-corrected chi connectivity index (χ2v) is 5.52. The van der Waals surface area contributed by atoms with Crippen LogP contribution in [0.3, 0.4) is 0 Å². The Kier molecular flexibility index (Phi) is 4.73. The second-order valence-electron chi connectivity index (χ2n) is 5.52. The van der Waals surface area contributed by atoms with Gasteiger partial charge in [0.2, 0.25) is 5.91 Å². The normalized spacial score (nSPS) is 17.2. The average Bonchev–Trinajstić information content (AvgIpc) is 2.79. The fourth-order valence-electron chi connectivity index (χ4n) is 2.84. The number of carboxylic acids is 1. The third-order valence-electron chi connectivity index (χ3n) is 4.05. The molecule has 1 aliphatic carbocycles. The van der Waals surface area contributed by atoms with Crippen molar-refractivity contribution in [1.82, 2.24) is 0 Å². The molecule has 3 N–H and O–H groups in total. The highest BCUT2D eigenvalue weighted by molar-refractivity contribution is 6.30. The molecule has 2 unspecified atom stereocenters. The van der Waals surface area contributed by atoms with Crippen LogP contribution in [-0.2, 0) is 14.4 Å². The quantitative estimate of drug-likeness (QED) is 0.433. The molecule has 0 spiro atoms. The number of benzene rings is 1. The number of aldehydes is 1. The molecule has 0 saturated carbocycles. The van der Waals surface area contributed by atoms with E-state index in [1.54, 1.807) is 0 Å². The van der Waals surface area contributed by atoms with Gasteiger partial charge in [-0.05, 0) is 12.0 Å². The highest BCUT2D eigenvalue weighted by atomic mass is 16.4. The molecule has 0 saturated heterocycles. The van der Waals surface area contributed by atoms with Gasteiger partial charge in [0, 0.05) is 23.5 Å². The van der Waals surface area contributed by atoms with Crippen molar-refractivity contribution in [3.8, 4) is 0 Å². The van der Waals surface area contributed by atoms with Gasteiger partial charge in [0.05, 0.1) is 11.5 Å². The zero-order valence-electron chi connectivity index (χ0n) is 12.7. The van der Waals surface area contributed by atoms with E-state index in [1.807, 2.05) is 0 Å². The zero-order valence-corrected chi connectivity index (χ0v) is 12.7. The van der Waals surface area contributed by atoms with Crippen LogP contribution in [0.1, 0.15) is 39.1 Å². The predicted octanol–water partition coefficient (Wildman–Crippen LogP) is 0.860. The van der Waals surface area contributed by atoms with Crippen LogP contribution in [0.2, 0.25) is 0 Å². The van der Waals surface area contributed by atoms with E-state index in [1.165, 1.54) is 18.2 Å². The van der Waals surface area contributed by atoms with Crippen LogP contribution in [0.15, 0.2) is 24.8 Å². The molecule has 0 aliphatic heterocycles. The van der Waals surface area contributed by atoms with Crippen LogP contribution in [0, 0.1) is 11.8 Å². The van der Waals surface area contributed by atoms with Crippen molar-refractivity contribution >= 4 is 35.3 Å². The van der Waals surface area contributed by atoms with E-state index in [4.69, 9.17) is 10.8 Å². The summed E-state index contributed by atoms with van der Waals surface area (Å²) in [5.41, 5.74) is 4.82. The minimum atomic E-state index is -1.31. The monoisotopic (exact) mass is 329 g/mol. The molecule has 0 fully saturated rings. The molecule has 0 heterocycles. The Morgan fingerprint density at radius 3 is 2.50 bits per heavy atom. The van der Waals surface area contributed by atoms with Crippen LogP contribution < -0.4 is 5.73 Å². The Labute approximate surface area is 137 Å². The number of Topliss-reactive ketones (excluding diaryl/α,β-unsaturated/α-hetero) is 2. The van der Waals surface area contributed by atoms with Gasteiger partial charge >= 0.3 is 5.97 Å². The summed E-state index contributed by atoms with van der Waals surface area (Å²) in [5, 5.41) is 9.08. The topological polar surface area (TPSA) is 132 Å². The van der Waals surface area contributed by atoms with Crippen molar-refractivity contribution in [2.75, 3.05) is 0 Å². The van der Waals surface area contributed by atoms with Crippen LogP contribution >= 0.6 is 0 Å². The Balaban J connectivity index is 2.46. The number of aliphatic carboxylic acids is 1. The Morgan fingerprint density at radius 1 is 1.29 bits per heavy atom. The van der Waals surface area contributed by atoms with Crippen molar-refractivity contribution < 1.29 is 29.1 Å². The lowest BCUT2D eigenvalue weighted by Crippen LogP contribution is -2.28. The van der Waals surface area contributed by atoms with Crippen LogP contribution in [0.5, 0.6) is 0 Å². The number of carboxylic acid groups (broad SMARTS) is 1. The molecule has 0 bridgehead atoms. The van der Waals surface area contributed by atoms with E-state index in [0.29, 0.717) is 6.29 Å². The van der Waals surface area contributed by atoms with Crippen molar-refractivity contribution in [3.05, 3.63) is 41.5 Å². The number of ketones is 2. The minimum absolute atomic E-state index is 0.0236. The predicted molar refractivity (Wildman–Crippen MR) is 83.2 cm³/mol. The van der Waals surface area contributed by atoms with E-state index in [9.17, 15) is 24.0 Å². The van der Waals surface area contributed by atoms with Gasteiger partial charge in [-0.2, -0.15) is 0 Å². The summed E-state index contributed by atoms with van der Waals surface area (Å²) < 4.78 is 0. The lowest BCUT2D eigenvalue weighted by atomic mass is 9.85. The summed E-state index contributed by atoms with van der Waals surface area (Å²) >= 11 is 0. The van der Waals surface area contributed by atoms with Gasteiger partial charge in [0.15, 0.2) is 11.6 Å². The fraction of sp³-hybridized carbons (Fsp3) is 0.235. The Morgan fingerprint density at radius 2 is 1.96 bits per heavy atom. The van der Waals surface area contributed by atoms with Gasteiger partial charge in [-0.3, -0.25) is 14.4 Å². The number of carbonyl (C=O) groups excluding carboxylic acids is 4. The third kappa shape index (κ3) is 2.88. The number of fused-ring (bicyclic) bond motifs is 1. The lowest BCUT2D eigenvalue weighted by Gasteiger charge is -2.14. The summed E-state index contributed by atoms with van der Waals surface area (Å²) in [4.78, 5) is 58.5. The van der Waals surface area contributed by atoms with Gasteiger partial charge in [-0.25, -0.2) is 4.79 Å². The first-order chi connectivity index (χ1) is 11.3. The molecule has 1 aliphatic rings. The van der Waals surface area contributed by atoms with Crippen LogP contribution in [0.25, 0.3) is 5.57 Å². The molecule has 2 rings (SSSR count). The van der Waals surface area contributed by atoms with E-state index in [-0.39, 0.29) is 35.1 Å². The van der Waals surface area contributed by atoms with E-state index >= 15 is 0 Å². The van der Waals surface area contributed by atoms with E-state index in [0.717, 1.165) is 0 Å². The highest BCUT2D eigenvalue weighted by Gasteiger charge is 2.44. The van der Waals surface area contributed by atoms with Gasteiger partial charge in [-0.15, -0.1) is 0 Å². The average molecular weight is 329 g/mol. The van der Waals surface area contributed by atoms with Crippen LogP contribution in [-0.4, -0.2) is 34.8 Å². The molecule has 1 aromatic carbocycles. The largest absolute Gasteiger partial charge is 0.478 e. The fourth-order valence-corrected chi connectivity index (χ4v) is 2.84. The maximum absolute atomic E-state index is 12.7. The number of hydrogen-bond acceptors (Lipinski definition) is 5. The summed E-state index contributed by atoms with van der Waals surface area (Å²) in [6.07, 6.45) is 0.302. The lowest BCUT2D eigenvalue weighted by molar-refractivity contribution is -0.130. The van der Waals surface area contributed by atoms with Gasteiger partial charge < -0.3 is 15.6 Å². The number of primary amides is 1. The first-order valence-electron chi connectivity index (χ1n) is 7.17. The molecular formula is C17H15NO6. The first kappa shape index (κ1) is 17.3. The van der Waals surface area contributed by atoms with Crippen molar-refractivity contribution in [2.45, 2.75) is 12.8 Å². The van der Waals surface area contributed by atoms with Crippen molar-refractivity contribution in [3.63, 3.8) is 0 Å². The Hall–Kier alpha value is -3.09. The molecule has 124 valence electrons. The van der Waals surface area contributed by atoms with E-state index in [2.05, 4.69) is 6.58 Å². The maximum Gasteiger partial charge on any atom is 0.335 e. The summed E-state index contributed by atoms with van der Waals surface area (Å²) in [6.45, 7) is 3.42. The number of amides is 1. The second kappa shape index (κ2) is 6.57. The highest BCUT2D eigenvalue weighted by Crippen LogP contribution is 2.36. The Bertz CT molecular complexity index is 779. The molecule has 7 heteroatoms. The molecule has 1 aromatic rings. The molecule has 0 radical (unpaired) electrons. The number of carbonyl (C=O) groups is 5. The van der Waals surface area contributed by atoms with Gasteiger partial charge in [-0.1, -0.05) is 24.8 Å². The SMILES string of the molecule is C=C(C(=O)O)c1cccc2c1C(=O)C(C(C=O)CCC(N)=O)C2=O. The van der Waals surface area contributed by atoms with Gasteiger partial charge in [0.1, 0.15) is 6.29 Å². The molecule has 1 amide bonds. The summed E-state index contributed by atoms with van der Waals surface area (Å²) in [5.74, 6) is -5.40. The first-order valence-corrected chi connectivity index (χ1v) is 7.17. The van der Waals surface area contributed by atoms with E-state index < -0.39 is 35.3 Å². The summed E-state index contributed by atoms with van der Waals surface area (Å²) in [7, 11) is 0. The zero-order chi connectivity index (χ0) is 18.0. The molecular weight excluding hydrogens is 314 g/mol. The minimum Gasteiger partial charge on any atom is -0.478 e. The van der Waals surface area contributed by atoms with Gasteiger partial charge in [0.25, 0.3) is 0 Å². The molecule has 24 heavy (non-hydrogen) atoms. The standard InChI is InChI=1S/C17H15NO6/c1-8(17(23)24)10-3-2-4-11-14(10)16(22)13(15(11)21)9(7-19)5-6-12(18)20/h2-4,7,9,13H,1,5-6H2,(H2,18,20)(H,23,24). The summed E-state index contributed by atoms with van der Waals surface area (Å²) in [6, 6.07) is 4.25. The number of rotatable bonds is 7. The molecule has 2 atom stereocenters. The third-order valence-corrected chi connectivity index (χ3v) is 4.05. The smallest absolute Gasteiger partial charge is 0.335 e. The molecule has 0 aromatic heterocycles. The number of nitrogens with two attached hydrogens (primary N) is 1. The van der Waals surface area contributed by atoms with Crippen molar-refractivity contribution in [1.29, 1.82) is 0 Å². The molecule has 7 nitrogen and oxygen atoms in total.